The van der Waals surface area contributed by atoms with Gasteiger partial charge in [-0.25, -0.2) is 4.98 Å². The number of aryl methyl sites for hydroxylation is 3. The van der Waals surface area contributed by atoms with Crippen LogP contribution in [0.15, 0.2) is 16.5 Å². The minimum Gasteiger partial charge on any atom is -0.444 e. The smallest absolute Gasteiger partial charge is 0.208 e. The number of rotatable bonds is 3. The molecule has 0 saturated carbocycles. The van der Waals surface area contributed by atoms with Gasteiger partial charge in [0, 0.05) is 12.3 Å². The average molecular weight is 352 g/mol. The van der Waals surface area contributed by atoms with Crippen molar-refractivity contribution in [3.05, 3.63) is 41.0 Å². The van der Waals surface area contributed by atoms with Crippen LogP contribution in [0.25, 0.3) is 5.65 Å². The molecule has 1 aliphatic carbocycles. The van der Waals surface area contributed by atoms with Gasteiger partial charge in [0.15, 0.2) is 11.5 Å². The Balaban J connectivity index is 1.25. The van der Waals surface area contributed by atoms with E-state index in [1.807, 2.05) is 23.6 Å². The number of likely N-dealkylation sites (tertiary alicyclic amines) is 1. The molecule has 0 aromatic carbocycles. The van der Waals surface area contributed by atoms with Crippen LogP contribution in [-0.4, -0.2) is 42.8 Å². The molecule has 3 aromatic rings. The Morgan fingerprint density at radius 3 is 2.81 bits per heavy atom. The number of piperidine rings is 1. The Labute approximate surface area is 152 Å². The third-order valence-electron chi connectivity index (χ3n) is 5.62. The van der Waals surface area contributed by atoms with E-state index in [2.05, 4.69) is 20.2 Å². The van der Waals surface area contributed by atoms with Crippen molar-refractivity contribution in [2.45, 2.75) is 57.9 Å². The molecule has 0 unspecified atom stereocenters. The van der Waals surface area contributed by atoms with E-state index >= 15 is 0 Å². The number of oxazole rings is 1. The van der Waals surface area contributed by atoms with Gasteiger partial charge in [-0.15, -0.1) is 10.2 Å². The summed E-state index contributed by atoms with van der Waals surface area (Å²) < 4.78 is 7.90. The summed E-state index contributed by atoms with van der Waals surface area (Å²) in [6, 6.07) is 3.96. The fourth-order valence-corrected chi connectivity index (χ4v) is 4.17. The Morgan fingerprint density at radius 1 is 1.12 bits per heavy atom. The van der Waals surface area contributed by atoms with E-state index in [0.29, 0.717) is 5.92 Å². The lowest BCUT2D eigenvalue weighted by Gasteiger charge is -2.29. The highest BCUT2D eigenvalue weighted by Crippen LogP contribution is 2.28. The topological polar surface area (TPSA) is 72.4 Å². The fourth-order valence-electron chi connectivity index (χ4n) is 4.17. The Bertz CT molecular complexity index is 898. The van der Waals surface area contributed by atoms with Gasteiger partial charge < -0.3 is 4.42 Å². The first-order valence-electron chi connectivity index (χ1n) is 9.65. The summed E-state index contributed by atoms with van der Waals surface area (Å²) in [6.07, 6.45) is 6.73. The standard InChI is InChI=1S/C19H24N6O/c1-13-6-7-17-21-22-19(25(17)23-13)14-8-10-24(11-9-14)12-18-20-15-4-2-3-5-16(15)26-18/h6-7,14H,2-5,8-12H2,1H3. The lowest BCUT2D eigenvalue weighted by atomic mass is 9.96. The van der Waals surface area contributed by atoms with Crippen molar-refractivity contribution in [1.82, 2.24) is 29.7 Å². The van der Waals surface area contributed by atoms with Crippen LogP contribution in [0, 0.1) is 6.92 Å². The molecule has 2 aliphatic rings. The first-order chi connectivity index (χ1) is 12.8. The average Bonchev–Trinajstić information content (AvgIpc) is 3.25. The largest absolute Gasteiger partial charge is 0.444 e. The van der Waals surface area contributed by atoms with Crippen molar-refractivity contribution in [3.8, 4) is 0 Å². The van der Waals surface area contributed by atoms with Gasteiger partial charge >= 0.3 is 0 Å². The summed E-state index contributed by atoms with van der Waals surface area (Å²) in [6.45, 7) is 4.87. The van der Waals surface area contributed by atoms with E-state index in [9.17, 15) is 0 Å². The van der Waals surface area contributed by atoms with Gasteiger partial charge in [-0.2, -0.15) is 9.61 Å². The molecule has 1 saturated heterocycles. The maximum atomic E-state index is 5.99. The van der Waals surface area contributed by atoms with Crippen LogP contribution in [-0.2, 0) is 19.4 Å². The maximum Gasteiger partial charge on any atom is 0.208 e. The molecule has 26 heavy (non-hydrogen) atoms. The van der Waals surface area contributed by atoms with Crippen LogP contribution in [0.1, 0.15) is 60.5 Å². The van der Waals surface area contributed by atoms with Gasteiger partial charge in [-0.1, -0.05) is 0 Å². The van der Waals surface area contributed by atoms with Gasteiger partial charge in [-0.05, 0) is 64.3 Å². The molecule has 0 amide bonds. The van der Waals surface area contributed by atoms with Gasteiger partial charge in [0.1, 0.15) is 5.76 Å². The normalized spacial score (nSPS) is 19.1. The zero-order valence-corrected chi connectivity index (χ0v) is 15.2. The molecule has 7 nitrogen and oxygen atoms in total. The van der Waals surface area contributed by atoms with Crippen molar-refractivity contribution in [3.63, 3.8) is 0 Å². The summed E-state index contributed by atoms with van der Waals surface area (Å²) in [5.74, 6) is 3.42. The predicted molar refractivity (Wildman–Crippen MR) is 95.9 cm³/mol. The summed E-state index contributed by atoms with van der Waals surface area (Å²) in [7, 11) is 0. The summed E-state index contributed by atoms with van der Waals surface area (Å²) in [4.78, 5) is 7.16. The number of hydrogen-bond donors (Lipinski definition) is 0. The second-order valence-electron chi connectivity index (χ2n) is 7.54. The van der Waals surface area contributed by atoms with Gasteiger partial charge in [0.05, 0.1) is 17.9 Å². The molecule has 4 heterocycles. The van der Waals surface area contributed by atoms with Crippen molar-refractivity contribution in [2.24, 2.45) is 0 Å². The molecule has 3 aromatic heterocycles. The fraction of sp³-hybridized carbons (Fsp3) is 0.579. The van der Waals surface area contributed by atoms with Crippen molar-refractivity contribution < 1.29 is 4.42 Å². The molecule has 1 fully saturated rings. The third-order valence-corrected chi connectivity index (χ3v) is 5.62. The predicted octanol–water partition coefficient (Wildman–Crippen LogP) is 2.68. The molecular weight excluding hydrogens is 328 g/mol. The van der Waals surface area contributed by atoms with Crippen LogP contribution < -0.4 is 0 Å². The van der Waals surface area contributed by atoms with Gasteiger partial charge in [0.2, 0.25) is 5.89 Å². The highest BCUT2D eigenvalue weighted by molar-refractivity contribution is 5.36. The number of aromatic nitrogens is 5. The lowest BCUT2D eigenvalue weighted by Crippen LogP contribution is -2.33. The highest BCUT2D eigenvalue weighted by atomic mass is 16.4. The van der Waals surface area contributed by atoms with E-state index in [1.54, 1.807) is 0 Å². The number of fused-ring (bicyclic) bond motifs is 2. The SMILES string of the molecule is Cc1ccc2nnc(C3CCN(Cc4nc5c(o4)CCCC5)CC3)n2n1. The summed E-state index contributed by atoms with van der Waals surface area (Å²) >= 11 is 0. The first-order valence-corrected chi connectivity index (χ1v) is 9.65. The lowest BCUT2D eigenvalue weighted by molar-refractivity contribution is 0.183. The second-order valence-corrected chi connectivity index (χ2v) is 7.54. The quantitative estimate of drug-likeness (QED) is 0.722. The zero-order valence-electron chi connectivity index (χ0n) is 15.2. The van der Waals surface area contributed by atoms with Crippen molar-refractivity contribution >= 4 is 5.65 Å². The van der Waals surface area contributed by atoms with Crippen molar-refractivity contribution in [1.29, 1.82) is 0 Å². The first kappa shape index (κ1) is 15.9. The Hall–Kier alpha value is -2.28. The van der Waals surface area contributed by atoms with Gasteiger partial charge in [0.25, 0.3) is 0 Å². The molecular formula is C19H24N6O. The molecule has 0 radical (unpaired) electrons. The molecule has 1 aliphatic heterocycles. The van der Waals surface area contributed by atoms with Crippen LogP contribution in [0.3, 0.4) is 0 Å². The van der Waals surface area contributed by atoms with Gasteiger partial charge in [-0.3, -0.25) is 4.90 Å². The van der Waals surface area contributed by atoms with E-state index < -0.39 is 0 Å². The highest BCUT2D eigenvalue weighted by Gasteiger charge is 2.26. The molecule has 0 bridgehead atoms. The summed E-state index contributed by atoms with van der Waals surface area (Å²) in [5.41, 5.74) is 3.01. The molecule has 5 rings (SSSR count). The number of hydrogen-bond acceptors (Lipinski definition) is 6. The molecule has 136 valence electrons. The van der Waals surface area contributed by atoms with E-state index in [1.165, 1.54) is 18.5 Å². The minimum absolute atomic E-state index is 0.410. The van der Waals surface area contributed by atoms with E-state index in [0.717, 1.165) is 74.1 Å². The van der Waals surface area contributed by atoms with E-state index in [-0.39, 0.29) is 0 Å². The third kappa shape index (κ3) is 2.90. The molecule has 7 heteroatoms. The number of nitrogens with zero attached hydrogens (tertiary/aromatic N) is 6. The monoisotopic (exact) mass is 352 g/mol. The molecule has 0 spiro atoms. The van der Waals surface area contributed by atoms with Crippen LogP contribution in [0.4, 0.5) is 0 Å². The summed E-state index contributed by atoms with van der Waals surface area (Å²) in [5, 5.41) is 13.3. The Morgan fingerprint density at radius 2 is 1.96 bits per heavy atom. The molecule has 0 N–H and O–H groups in total. The minimum atomic E-state index is 0.410. The van der Waals surface area contributed by atoms with Crippen LogP contribution >= 0.6 is 0 Å². The van der Waals surface area contributed by atoms with Crippen LogP contribution in [0.2, 0.25) is 0 Å². The van der Waals surface area contributed by atoms with E-state index in [4.69, 9.17) is 9.40 Å². The van der Waals surface area contributed by atoms with Crippen molar-refractivity contribution in [2.75, 3.05) is 13.1 Å². The zero-order chi connectivity index (χ0) is 17.5. The second kappa shape index (κ2) is 6.46. The van der Waals surface area contributed by atoms with Crippen LogP contribution in [0.5, 0.6) is 0 Å². The maximum absolute atomic E-state index is 5.99. The Kier molecular flexibility index (Phi) is 3.96. The molecule has 0 atom stereocenters.